The number of nitrogens with one attached hydrogen (secondary N) is 1. The molecule has 22 heavy (non-hydrogen) atoms. The topological polar surface area (TPSA) is 75.7 Å². The third-order valence-corrected chi connectivity index (χ3v) is 4.16. The summed E-state index contributed by atoms with van der Waals surface area (Å²) in [6.45, 7) is 7.09. The van der Waals surface area contributed by atoms with E-state index in [0.29, 0.717) is 11.4 Å². The summed E-state index contributed by atoms with van der Waals surface area (Å²) < 4.78 is 30.4. The fraction of sp³-hybridized carbons (Fsp3) is 0.533. The highest BCUT2D eigenvalue weighted by Crippen LogP contribution is 2.24. The van der Waals surface area contributed by atoms with Gasteiger partial charge in [0.25, 0.3) is 0 Å². The number of hydrogen-bond donors (Lipinski definition) is 1. The predicted molar refractivity (Wildman–Crippen MR) is 87.7 cm³/mol. The van der Waals surface area contributed by atoms with E-state index in [9.17, 15) is 13.2 Å². The zero-order valence-electron chi connectivity index (χ0n) is 13.9. The highest BCUT2D eigenvalue weighted by atomic mass is 32.2. The van der Waals surface area contributed by atoms with Crippen molar-refractivity contribution in [3.05, 3.63) is 24.3 Å². The lowest BCUT2D eigenvalue weighted by Gasteiger charge is -2.31. The Morgan fingerprint density at radius 1 is 1.23 bits per heavy atom. The minimum absolute atomic E-state index is 0.353. The summed E-state index contributed by atoms with van der Waals surface area (Å²) in [5.41, 5.74) is -0.0196. The van der Waals surface area contributed by atoms with Gasteiger partial charge in [0, 0.05) is 5.54 Å². The molecule has 0 aliphatic carbocycles. The van der Waals surface area contributed by atoms with Crippen molar-refractivity contribution in [1.29, 1.82) is 0 Å². The van der Waals surface area contributed by atoms with Gasteiger partial charge in [0.2, 0.25) is 15.9 Å². The summed E-state index contributed by atoms with van der Waals surface area (Å²) in [4.78, 5) is 12.3. The molecule has 0 radical (unpaired) electrons. The van der Waals surface area contributed by atoms with Crippen LogP contribution in [0.1, 0.15) is 27.7 Å². The summed E-state index contributed by atoms with van der Waals surface area (Å²) in [6, 6.07) is 5.67. The van der Waals surface area contributed by atoms with Crippen LogP contribution in [-0.2, 0) is 14.8 Å². The number of methoxy groups -OCH3 is 1. The molecule has 1 amide bonds. The number of anilines is 1. The minimum Gasteiger partial charge on any atom is -0.497 e. The summed E-state index contributed by atoms with van der Waals surface area (Å²) in [5.74, 6) is 0.262. The molecule has 0 heterocycles. The molecule has 0 saturated heterocycles. The van der Waals surface area contributed by atoms with Gasteiger partial charge in [-0.25, -0.2) is 8.42 Å². The number of nitrogens with zero attached hydrogens (tertiary/aromatic N) is 1. The first-order chi connectivity index (χ1) is 9.95. The average Bonchev–Trinajstić information content (AvgIpc) is 2.36. The number of rotatable bonds is 5. The number of carbonyl (C=O) groups is 1. The highest BCUT2D eigenvalue weighted by Gasteiger charge is 2.30. The minimum atomic E-state index is -3.61. The van der Waals surface area contributed by atoms with Crippen LogP contribution in [0.3, 0.4) is 0 Å². The maximum atomic E-state index is 12.3. The smallest absolute Gasteiger partial charge is 0.244 e. The molecule has 1 atom stereocenters. The van der Waals surface area contributed by atoms with Gasteiger partial charge in [-0.15, -0.1) is 0 Å². The van der Waals surface area contributed by atoms with Crippen LogP contribution in [0.25, 0.3) is 0 Å². The normalized spacial score (nSPS) is 13.4. The number of amides is 1. The van der Waals surface area contributed by atoms with Gasteiger partial charge < -0.3 is 10.1 Å². The van der Waals surface area contributed by atoms with Crippen LogP contribution in [0.2, 0.25) is 0 Å². The average molecular weight is 328 g/mol. The Balaban J connectivity index is 3.15. The molecule has 1 aromatic rings. The zero-order chi connectivity index (χ0) is 17.1. The van der Waals surface area contributed by atoms with Crippen molar-refractivity contribution in [3.63, 3.8) is 0 Å². The van der Waals surface area contributed by atoms with E-state index < -0.39 is 21.6 Å². The van der Waals surface area contributed by atoms with Crippen molar-refractivity contribution in [1.82, 2.24) is 5.32 Å². The van der Waals surface area contributed by atoms with Gasteiger partial charge in [-0.2, -0.15) is 0 Å². The second kappa shape index (κ2) is 6.56. The Kier molecular flexibility index (Phi) is 5.45. The van der Waals surface area contributed by atoms with Crippen LogP contribution in [0.5, 0.6) is 5.75 Å². The van der Waals surface area contributed by atoms with Gasteiger partial charge in [-0.1, -0.05) is 0 Å². The Morgan fingerprint density at radius 3 is 2.09 bits per heavy atom. The largest absolute Gasteiger partial charge is 0.497 e. The van der Waals surface area contributed by atoms with E-state index in [0.717, 1.165) is 10.6 Å². The fourth-order valence-electron chi connectivity index (χ4n) is 2.01. The van der Waals surface area contributed by atoms with Gasteiger partial charge >= 0.3 is 0 Å². The van der Waals surface area contributed by atoms with E-state index >= 15 is 0 Å². The number of carbonyl (C=O) groups excluding carboxylic acids is 1. The Morgan fingerprint density at radius 2 is 1.73 bits per heavy atom. The molecule has 0 aromatic heterocycles. The molecule has 124 valence electrons. The Hall–Kier alpha value is -1.76. The lowest BCUT2D eigenvalue weighted by atomic mass is 10.1. The summed E-state index contributed by atoms with van der Waals surface area (Å²) in [5, 5.41) is 2.79. The molecule has 0 spiro atoms. The lowest BCUT2D eigenvalue weighted by molar-refractivity contribution is -0.123. The molecule has 6 nitrogen and oxygen atoms in total. The van der Waals surface area contributed by atoms with Crippen molar-refractivity contribution in [2.45, 2.75) is 39.3 Å². The number of ether oxygens (including phenoxy) is 1. The fourth-order valence-corrected chi connectivity index (χ4v) is 3.19. The van der Waals surface area contributed by atoms with Crippen molar-refractivity contribution in [2.75, 3.05) is 17.7 Å². The van der Waals surface area contributed by atoms with E-state index in [1.807, 2.05) is 20.8 Å². The van der Waals surface area contributed by atoms with Crippen molar-refractivity contribution < 1.29 is 17.9 Å². The molecule has 0 fully saturated rings. The first-order valence-electron chi connectivity index (χ1n) is 6.91. The number of hydrogen-bond acceptors (Lipinski definition) is 4. The van der Waals surface area contributed by atoms with E-state index in [1.54, 1.807) is 31.2 Å². The molecule has 1 unspecified atom stereocenters. The zero-order valence-corrected chi connectivity index (χ0v) is 14.7. The molecule has 0 saturated carbocycles. The van der Waals surface area contributed by atoms with Gasteiger partial charge in [-0.3, -0.25) is 9.10 Å². The molecular formula is C15H24N2O4S. The third kappa shape index (κ3) is 4.91. The third-order valence-electron chi connectivity index (χ3n) is 2.91. The van der Waals surface area contributed by atoms with E-state index in [4.69, 9.17) is 4.74 Å². The summed E-state index contributed by atoms with van der Waals surface area (Å²) >= 11 is 0. The van der Waals surface area contributed by atoms with Crippen molar-refractivity contribution in [3.8, 4) is 5.75 Å². The summed E-state index contributed by atoms with van der Waals surface area (Å²) in [7, 11) is -2.08. The monoisotopic (exact) mass is 328 g/mol. The van der Waals surface area contributed by atoms with Crippen LogP contribution in [0.4, 0.5) is 5.69 Å². The Bertz CT molecular complexity index is 618. The van der Waals surface area contributed by atoms with E-state index in [2.05, 4.69) is 5.32 Å². The molecule has 1 aromatic carbocycles. The molecule has 0 aliphatic rings. The van der Waals surface area contributed by atoms with Crippen LogP contribution < -0.4 is 14.4 Å². The first-order valence-corrected chi connectivity index (χ1v) is 8.76. The molecule has 7 heteroatoms. The quantitative estimate of drug-likeness (QED) is 0.894. The Labute approximate surface area is 132 Å². The van der Waals surface area contributed by atoms with Gasteiger partial charge in [-0.05, 0) is 52.0 Å². The number of benzene rings is 1. The maximum absolute atomic E-state index is 12.3. The predicted octanol–water partition coefficient (Wildman–Crippen LogP) is 1.76. The lowest BCUT2D eigenvalue weighted by Crippen LogP contribution is -2.52. The van der Waals surface area contributed by atoms with Crippen LogP contribution in [-0.4, -0.2) is 39.3 Å². The second-order valence-electron chi connectivity index (χ2n) is 6.17. The molecular weight excluding hydrogens is 304 g/mol. The molecule has 0 bridgehead atoms. The van der Waals surface area contributed by atoms with Crippen molar-refractivity contribution >= 4 is 21.6 Å². The van der Waals surface area contributed by atoms with Crippen molar-refractivity contribution in [2.24, 2.45) is 0 Å². The highest BCUT2D eigenvalue weighted by molar-refractivity contribution is 7.92. The molecule has 1 rings (SSSR count). The van der Waals surface area contributed by atoms with E-state index in [-0.39, 0.29) is 5.91 Å². The maximum Gasteiger partial charge on any atom is 0.244 e. The van der Waals surface area contributed by atoms with E-state index in [1.165, 1.54) is 7.11 Å². The first kappa shape index (κ1) is 18.3. The van der Waals surface area contributed by atoms with Gasteiger partial charge in [0.15, 0.2) is 0 Å². The molecule has 0 aliphatic heterocycles. The number of sulfonamides is 1. The van der Waals surface area contributed by atoms with Gasteiger partial charge in [0.05, 0.1) is 19.1 Å². The molecule has 1 N–H and O–H groups in total. The second-order valence-corrected chi connectivity index (χ2v) is 8.03. The van der Waals surface area contributed by atoms with Crippen LogP contribution in [0, 0.1) is 0 Å². The standard InChI is InChI=1S/C15H24N2O4S/c1-11(14(18)16-15(2,3)4)17(22(6,19)20)12-7-9-13(21-5)10-8-12/h7-11H,1-6H3,(H,16,18). The van der Waals surface area contributed by atoms with Crippen LogP contribution in [0.15, 0.2) is 24.3 Å². The SMILES string of the molecule is COc1ccc(N(C(C)C(=O)NC(C)(C)C)S(C)(=O)=O)cc1. The summed E-state index contributed by atoms with van der Waals surface area (Å²) in [6.07, 6.45) is 1.08. The van der Waals surface area contributed by atoms with Crippen LogP contribution >= 0.6 is 0 Å². The van der Waals surface area contributed by atoms with Gasteiger partial charge in [0.1, 0.15) is 11.8 Å².